The SMILES string of the molecule is CCC1=C2C=CC(=C1)C2=O.[Cl-]. The van der Waals surface area contributed by atoms with Crippen molar-refractivity contribution in [3.63, 3.8) is 0 Å². The van der Waals surface area contributed by atoms with E-state index in [1.165, 1.54) is 5.57 Å². The summed E-state index contributed by atoms with van der Waals surface area (Å²) in [4.78, 5) is 11.1. The van der Waals surface area contributed by atoms with Crippen molar-refractivity contribution in [2.24, 2.45) is 0 Å². The summed E-state index contributed by atoms with van der Waals surface area (Å²) in [5, 5.41) is 0. The minimum atomic E-state index is 0. The molecule has 58 valence electrons. The van der Waals surface area contributed by atoms with Crippen LogP contribution in [0.5, 0.6) is 0 Å². The number of halogens is 1. The Labute approximate surface area is 71.9 Å². The van der Waals surface area contributed by atoms with Gasteiger partial charge in [0.25, 0.3) is 0 Å². The second-order valence-corrected chi connectivity index (χ2v) is 2.55. The third-order valence-electron chi connectivity index (χ3n) is 1.99. The Morgan fingerprint density at radius 2 is 2.09 bits per heavy atom. The van der Waals surface area contributed by atoms with E-state index in [2.05, 4.69) is 6.92 Å². The van der Waals surface area contributed by atoms with Gasteiger partial charge >= 0.3 is 0 Å². The lowest BCUT2D eigenvalue weighted by Crippen LogP contribution is -3.00. The molecule has 0 N–H and O–H groups in total. The zero-order valence-corrected chi connectivity index (χ0v) is 6.98. The third kappa shape index (κ3) is 0.962. The van der Waals surface area contributed by atoms with E-state index in [4.69, 9.17) is 0 Å². The van der Waals surface area contributed by atoms with Crippen LogP contribution >= 0.6 is 0 Å². The minimum Gasteiger partial charge on any atom is -1.00 e. The van der Waals surface area contributed by atoms with E-state index in [-0.39, 0.29) is 18.2 Å². The van der Waals surface area contributed by atoms with Crippen molar-refractivity contribution in [3.8, 4) is 0 Å². The van der Waals surface area contributed by atoms with Crippen LogP contribution in [0.1, 0.15) is 13.3 Å². The molecule has 0 amide bonds. The van der Waals surface area contributed by atoms with E-state index < -0.39 is 0 Å². The highest BCUT2D eigenvalue weighted by molar-refractivity contribution is 6.18. The smallest absolute Gasteiger partial charge is 0.193 e. The van der Waals surface area contributed by atoms with E-state index in [0.29, 0.717) is 0 Å². The Morgan fingerprint density at radius 1 is 1.36 bits per heavy atom. The van der Waals surface area contributed by atoms with Gasteiger partial charge in [-0.3, -0.25) is 4.79 Å². The molecule has 0 radical (unpaired) electrons. The number of carbonyl (C=O) groups excluding carboxylic acids is 1. The molecule has 0 aromatic heterocycles. The molecule has 0 unspecified atom stereocenters. The van der Waals surface area contributed by atoms with Crippen molar-refractivity contribution in [1.82, 2.24) is 0 Å². The van der Waals surface area contributed by atoms with E-state index in [9.17, 15) is 4.79 Å². The van der Waals surface area contributed by atoms with Crippen molar-refractivity contribution in [2.75, 3.05) is 0 Å². The first-order chi connectivity index (χ1) is 4.83. The summed E-state index contributed by atoms with van der Waals surface area (Å²) < 4.78 is 0. The van der Waals surface area contributed by atoms with Crippen LogP contribution in [-0.4, -0.2) is 5.78 Å². The highest BCUT2D eigenvalue weighted by Crippen LogP contribution is 2.31. The lowest BCUT2D eigenvalue weighted by Gasteiger charge is -1.94. The van der Waals surface area contributed by atoms with Crippen LogP contribution in [0.4, 0.5) is 0 Å². The molecule has 2 aliphatic rings. The summed E-state index contributed by atoms with van der Waals surface area (Å²) in [6, 6.07) is 0. The lowest BCUT2D eigenvalue weighted by atomic mass is 10.1. The topological polar surface area (TPSA) is 17.1 Å². The molecule has 2 bridgehead atoms. The van der Waals surface area contributed by atoms with Crippen LogP contribution in [-0.2, 0) is 4.79 Å². The Balaban J connectivity index is 0.000000605. The number of Topliss-reactive ketones (excluding diaryl/α,β-unsaturated/α-hetero) is 1. The second kappa shape index (κ2) is 2.67. The lowest BCUT2D eigenvalue weighted by molar-refractivity contribution is -0.111. The molecule has 0 aromatic carbocycles. The predicted molar refractivity (Wildman–Crippen MR) is 39.5 cm³/mol. The summed E-state index contributed by atoms with van der Waals surface area (Å²) in [5.41, 5.74) is 2.98. The van der Waals surface area contributed by atoms with Gasteiger partial charge in [0.05, 0.1) is 0 Å². The number of ketones is 1. The maximum absolute atomic E-state index is 11.1. The maximum atomic E-state index is 11.1. The Kier molecular flexibility index (Phi) is 2.01. The van der Waals surface area contributed by atoms with Gasteiger partial charge in [0.15, 0.2) is 5.78 Å². The molecule has 11 heavy (non-hydrogen) atoms. The highest BCUT2D eigenvalue weighted by Gasteiger charge is 2.25. The molecule has 2 rings (SSSR count). The van der Waals surface area contributed by atoms with Crippen LogP contribution in [0.25, 0.3) is 0 Å². The first-order valence-corrected chi connectivity index (χ1v) is 3.50. The Bertz CT molecular complexity index is 295. The Morgan fingerprint density at radius 3 is 2.36 bits per heavy atom. The molecule has 0 atom stereocenters. The summed E-state index contributed by atoms with van der Waals surface area (Å²) in [6.07, 6.45) is 6.75. The van der Waals surface area contributed by atoms with Crippen LogP contribution < -0.4 is 12.4 Å². The van der Waals surface area contributed by atoms with Gasteiger partial charge in [-0.05, 0) is 18.1 Å². The van der Waals surface area contributed by atoms with Crippen molar-refractivity contribution >= 4 is 5.78 Å². The summed E-state index contributed by atoms with van der Waals surface area (Å²) in [6.45, 7) is 2.07. The summed E-state index contributed by atoms with van der Waals surface area (Å²) in [7, 11) is 0. The van der Waals surface area contributed by atoms with Gasteiger partial charge < -0.3 is 12.4 Å². The number of allylic oxidation sites excluding steroid dienone is 6. The fraction of sp³-hybridized carbons (Fsp3) is 0.222. The van der Waals surface area contributed by atoms with E-state index in [1.54, 1.807) is 0 Å². The first kappa shape index (κ1) is 8.28. The fourth-order valence-electron chi connectivity index (χ4n) is 1.40. The molecule has 0 aromatic rings. The van der Waals surface area contributed by atoms with Gasteiger partial charge in [-0.25, -0.2) is 0 Å². The Hall–Kier alpha value is -0.820. The average molecular weight is 168 g/mol. The molecule has 0 fully saturated rings. The molecule has 0 heterocycles. The molecule has 0 saturated heterocycles. The molecule has 1 nitrogen and oxygen atoms in total. The van der Waals surface area contributed by atoms with Crippen molar-refractivity contribution in [3.05, 3.63) is 34.9 Å². The monoisotopic (exact) mass is 167 g/mol. The van der Waals surface area contributed by atoms with Gasteiger partial charge in [-0.2, -0.15) is 0 Å². The van der Waals surface area contributed by atoms with Crippen LogP contribution in [0.3, 0.4) is 0 Å². The van der Waals surface area contributed by atoms with Crippen LogP contribution in [0, 0.1) is 0 Å². The van der Waals surface area contributed by atoms with Gasteiger partial charge in [0.2, 0.25) is 0 Å². The van der Waals surface area contributed by atoms with E-state index in [0.717, 1.165) is 17.6 Å². The summed E-state index contributed by atoms with van der Waals surface area (Å²) >= 11 is 0. The standard InChI is InChI=1S/C9H8O.ClH/c1-2-6-5-7-3-4-8(6)9(7)10;/h3-5H,2H2,1H3;1H/p-1. The minimum absolute atomic E-state index is 0. The highest BCUT2D eigenvalue weighted by atomic mass is 35.5. The van der Waals surface area contributed by atoms with E-state index >= 15 is 0 Å². The third-order valence-corrected chi connectivity index (χ3v) is 1.99. The van der Waals surface area contributed by atoms with Gasteiger partial charge in [-0.15, -0.1) is 0 Å². The molecule has 0 saturated carbocycles. The average Bonchev–Trinajstić information content (AvgIpc) is 2.46. The maximum Gasteiger partial charge on any atom is 0.193 e. The molecule has 0 spiro atoms. The van der Waals surface area contributed by atoms with Crippen LogP contribution in [0.2, 0.25) is 0 Å². The molecule has 2 aliphatic carbocycles. The second-order valence-electron chi connectivity index (χ2n) is 2.55. The number of rotatable bonds is 1. The normalized spacial score (nSPS) is 19.0. The number of hydrogen-bond acceptors (Lipinski definition) is 1. The van der Waals surface area contributed by atoms with E-state index in [1.807, 2.05) is 18.2 Å². The predicted octanol–water partition coefficient (Wildman–Crippen LogP) is -1.22. The quantitative estimate of drug-likeness (QED) is 0.479. The largest absolute Gasteiger partial charge is 1.00 e. The summed E-state index contributed by atoms with van der Waals surface area (Å²) in [5.74, 6) is 0.219. The fourth-order valence-corrected chi connectivity index (χ4v) is 1.40. The van der Waals surface area contributed by atoms with Crippen LogP contribution in [0.15, 0.2) is 34.9 Å². The number of fused-ring (bicyclic) bond motifs is 2. The molecule has 2 heteroatoms. The molecular formula is C9H8ClO-. The van der Waals surface area contributed by atoms with Gasteiger partial charge in [-0.1, -0.05) is 19.1 Å². The first-order valence-electron chi connectivity index (χ1n) is 3.50. The van der Waals surface area contributed by atoms with Crippen molar-refractivity contribution in [1.29, 1.82) is 0 Å². The zero-order valence-electron chi connectivity index (χ0n) is 6.23. The van der Waals surface area contributed by atoms with Gasteiger partial charge in [0, 0.05) is 11.1 Å². The number of carbonyl (C=O) groups is 1. The van der Waals surface area contributed by atoms with Crippen molar-refractivity contribution in [2.45, 2.75) is 13.3 Å². The zero-order chi connectivity index (χ0) is 7.14. The van der Waals surface area contributed by atoms with Crippen molar-refractivity contribution < 1.29 is 17.2 Å². The van der Waals surface area contributed by atoms with Gasteiger partial charge in [0.1, 0.15) is 0 Å². The number of hydrogen-bond donors (Lipinski definition) is 0. The molecular weight excluding hydrogens is 160 g/mol. The molecule has 0 aliphatic heterocycles.